The molecule has 0 aliphatic rings. The van der Waals surface area contributed by atoms with Crippen LogP contribution in [0, 0.1) is 0 Å². The molecular weight excluding hydrogens is 421 g/mol. The largest absolute Gasteiger partial charge is 0.382 e. The highest BCUT2D eigenvalue weighted by molar-refractivity contribution is 6.42. The van der Waals surface area contributed by atoms with Crippen LogP contribution in [0.2, 0.25) is 10.0 Å². The van der Waals surface area contributed by atoms with Gasteiger partial charge < -0.3 is 22.1 Å². The number of rotatable bonds is 6. The number of fused-ring (bicyclic) bond motifs is 2. The van der Waals surface area contributed by atoms with Gasteiger partial charge in [-0.15, -0.1) is 0 Å². The summed E-state index contributed by atoms with van der Waals surface area (Å²) in [6.07, 6.45) is 1.73. The van der Waals surface area contributed by atoms with Gasteiger partial charge in [0.25, 0.3) is 0 Å². The summed E-state index contributed by atoms with van der Waals surface area (Å²) in [7, 11) is 0. The lowest BCUT2D eigenvalue weighted by molar-refractivity contribution is 1.02. The summed E-state index contributed by atoms with van der Waals surface area (Å²) in [5.41, 5.74) is 15.0. The minimum Gasteiger partial charge on any atom is -0.382 e. The number of aliphatic imine (C=N–C) groups is 1. The maximum absolute atomic E-state index is 6.13. The molecule has 0 fully saturated rings. The van der Waals surface area contributed by atoms with Crippen LogP contribution in [0.3, 0.4) is 0 Å². The van der Waals surface area contributed by atoms with Crippen molar-refractivity contribution in [3.05, 3.63) is 64.8 Å². The van der Waals surface area contributed by atoms with Crippen molar-refractivity contribution in [2.75, 3.05) is 23.7 Å². The van der Waals surface area contributed by atoms with Gasteiger partial charge in [-0.25, -0.2) is 9.97 Å². The normalized spacial score (nSPS) is 10.9. The zero-order valence-corrected chi connectivity index (χ0v) is 17.4. The Hall–Kier alpha value is -3.29. The van der Waals surface area contributed by atoms with E-state index in [9.17, 15) is 0 Å². The van der Waals surface area contributed by atoms with Gasteiger partial charge in [-0.2, -0.15) is 0 Å². The molecular formula is C21H19Cl2N7. The van der Waals surface area contributed by atoms with Crippen LogP contribution in [0.15, 0.2) is 59.7 Å². The molecule has 9 heteroatoms. The second-order valence-corrected chi connectivity index (χ2v) is 7.39. The fourth-order valence-electron chi connectivity index (χ4n) is 3.15. The Morgan fingerprint density at radius 2 is 1.77 bits per heavy atom. The van der Waals surface area contributed by atoms with Crippen molar-refractivity contribution in [3.8, 4) is 0 Å². The van der Waals surface area contributed by atoms with E-state index in [4.69, 9.17) is 34.7 Å². The van der Waals surface area contributed by atoms with Crippen LogP contribution in [-0.2, 0) is 0 Å². The molecule has 0 aliphatic heterocycles. The lowest BCUT2D eigenvalue weighted by Crippen LogP contribution is -2.24. The Bertz CT molecular complexity index is 1250. The second-order valence-electron chi connectivity index (χ2n) is 6.58. The Morgan fingerprint density at radius 1 is 0.967 bits per heavy atom. The first kappa shape index (κ1) is 20.0. The molecule has 0 amide bonds. The summed E-state index contributed by atoms with van der Waals surface area (Å²) in [5.74, 6) is 0.0658. The van der Waals surface area contributed by atoms with Gasteiger partial charge in [0.2, 0.25) is 0 Å². The van der Waals surface area contributed by atoms with Crippen molar-refractivity contribution in [1.82, 2.24) is 9.97 Å². The van der Waals surface area contributed by atoms with E-state index in [1.807, 2.05) is 36.4 Å². The minimum atomic E-state index is 0.0658. The summed E-state index contributed by atoms with van der Waals surface area (Å²) in [6.45, 7) is 1.01. The highest BCUT2D eigenvalue weighted by Crippen LogP contribution is 2.33. The Morgan fingerprint density at radius 3 is 2.57 bits per heavy atom. The lowest BCUT2D eigenvalue weighted by Gasteiger charge is -2.14. The van der Waals surface area contributed by atoms with Crippen LogP contribution in [0.4, 0.5) is 17.1 Å². The number of nitrogens with one attached hydrogen (secondary N) is 2. The molecule has 152 valence electrons. The Balaban J connectivity index is 1.74. The van der Waals surface area contributed by atoms with Crippen LogP contribution in [0.25, 0.3) is 21.9 Å². The number of nitrogens with zero attached hydrogens (tertiary/aromatic N) is 3. The van der Waals surface area contributed by atoms with Gasteiger partial charge in [0, 0.05) is 34.9 Å². The molecule has 0 unspecified atom stereocenters. The summed E-state index contributed by atoms with van der Waals surface area (Å²) in [6, 6.07) is 15.2. The van der Waals surface area contributed by atoms with Crippen LogP contribution < -0.4 is 22.1 Å². The number of aromatic nitrogens is 2. The molecule has 0 spiro atoms. The number of guanidine groups is 1. The van der Waals surface area contributed by atoms with Gasteiger partial charge in [0.15, 0.2) is 11.6 Å². The van der Waals surface area contributed by atoms with Crippen LogP contribution >= 0.6 is 23.2 Å². The summed E-state index contributed by atoms with van der Waals surface area (Å²) < 4.78 is 0. The minimum absolute atomic E-state index is 0.0658. The van der Waals surface area contributed by atoms with Gasteiger partial charge in [-0.05, 0) is 48.5 Å². The molecule has 7 nitrogen and oxygen atoms in total. The molecule has 2 heterocycles. The molecule has 0 atom stereocenters. The molecule has 2 aromatic heterocycles. The monoisotopic (exact) mass is 439 g/mol. The van der Waals surface area contributed by atoms with E-state index in [2.05, 4.69) is 25.6 Å². The maximum Gasteiger partial charge on any atom is 0.185 e. The molecule has 2 aromatic carbocycles. The van der Waals surface area contributed by atoms with Gasteiger partial charge in [0.1, 0.15) is 0 Å². The summed E-state index contributed by atoms with van der Waals surface area (Å²) in [5, 5.41) is 9.65. The first-order valence-corrected chi connectivity index (χ1v) is 9.97. The average molecular weight is 440 g/mol. The van der Waals surface area contributed by atoms with E-state index in [-0.39, 0.29) is 5.96 Å². The predicted octanol–water partition coefficient (Wildman–Crippen LogP) is 4.52. The SMILES string of the molecule is NC(N)=NCCNc1c2cc(Nc3ccc(Cl)c(Cl)c3)ccc2nc2ncccc12. The van der Waals surface area contributed by atoms with E-state index in [1.165, 1.54) is 0 Å². The van der Waals surface area contributed by atoms with Crippen molar-refractivity contribution in [1.29, 1.82) is 0 Å². The number of halogens is 2. The molecule has 6 N–H and O–H groups in total. The van der Waals surface area contributed by atoms with E-state index in [0.717, 1.165) is 33.4 Å². The average Bonchev–Trinajstić information content (AvgIpc) is 2.73. The first-order valence-electron chi connectivity index (χ1n) is 9.21. The second kappa shape index (κ2) is 8.61. The molecule has 4 aromatic rings. The quantitative estimate of drug-likeness (QED) is 0.152. The number of hydrogen-bond donors (Lipinski definition) is 4. The smallest absolute Gasteiger partial charge is 0.185 e. The highest BCUT2D eigenvalue weighted by atomic mass is 35.5. The maximum atomic E-state index is 6.13. The molecule has 0 radical (unpaired) electrons. The number of hydrogen-bond acceptors (Lipinski definition) is 5. The zero-order valence-electron chi connectivity index (χ0n) is 15.9. The van der Waals surface area contributed by atoms with Crippen molar-refractivity contribution in [2.45, 2.75) is 0 Å². The van der Waals surface area contributed by atoms with Gasteiger partial charge in [-0.1, -0.05) is 23.2 Å². The third-order valence-corrected chi connectivity index (χ3v) is 5.20. The van der Waals surface area contributed by atoms with Crippen LogP contribution in [0.1, 0.15) is 0 Å². The standard InChI is InChI=1S/C21H19Cl2N7/c22-16-5-3-13(11-17(16)23)29-12-4-6-18-15(10-12)19(26-8-9-28-21(24)25)14-2-1-7-27-20(14)30-18/h1-7,10-11,29H,8-9H2,(H4,24,25,28)(H,26,27,30). The third kappa shape index (κ3) is 4.32. The van der Waals surface area contributed by atoms with E-state index < -0.39 is 0 Å². The molecule has 4 rings (SSSR count). The Kier molecular flexibility index (Phi) is 5.74. The first-order chi connectivity index (χ1) is 14.5. The fourth-order valence-corrected chi connectivity index (χ4v) is 3.45. The lowest BCUT2D eigenvalue weighted by atomic mass is 10.1. The number of pyridine rings is 2. The van der Waals surface area contributed by atoms with Crippen molar-refractivity contribution in [2.24, 2.45) is 16.5 Å². The fraction of sp³-hybridized carbons (Fsp3) is 0.0952. The zero-order chi connectivity index (χ0) is 21.1. The molecule has 30 heavy (non-hydrogen) atoms. The van der Waals surface area contributed by atoms with Gasteiger partial charge >= 0.3 is 0 Å². The van der Waals surface area contributed by atoms with Crippen LogP contribution in [0.5, 0.6) is 0 Å². The van der Waals surface area contributed by atoms with E-state index >= 15 is 0 Å². The summed E-state index contributed by atoms with van der Waals surface area (Å²) >= 11 is 12.1. The Labute approximate surface area is 183 Å². The van der Waals surface area contributed by atoms with Crippen molar-refractivity contribution >= 4 is 68.2 Å². The topological polar surface area (TPSA) is 114 Å². The molecule has 0 saturated carbocycles. The molecule has 0 bridgehead atoms. The highest BCUT2D eigenvalue weighted by Gasteiger charge is 2.11. The number of anilines is 3. The number of nitrogens with two attached hydrogens (primary N) is 2. The van der Waals surface area contributed by atoms with Crippen molar-refractivity contribution < 1.29 is 0 Å². The van der Waals surface area contributed by atoms with Crippen molar-refractivity contribution in [3.63, 3.8) is 0 Å². The van der Waals surface area contributed by atoms with Gasteiger partial charge in [-0.3, -0.25) is 4.99 Å². The predicted molar refractivity (Wildman–Crippen MR) is 126 cm³/mol. The summed E-state index contributed by atoms with van der Waals surface area (Å²) in [4.78, 5) is 13.1. The van der Waals surface area contributed by atoms with E-state index in [0.29, 0.717) is 28.8 Å². The van der Waals surface area contributed by atoms with Gasteiger partial charge in [0.05, 0.1) is 27.8 Å². The third-order valence-electron chi connectivity index (χ3n) is 4.46. The van der Waals surface area contributed by atoms with E-state index in [1.54, 1.807) is 18.3 Å². The van der Waals surface area contributed by atoms with Crippen LogP contribution in [-0.4, -0.2) is 29.0 Å². The number of benzene rings is 2. The molecule has 0 saturated heterocycles. The molecule has 0 aliphatic carbocycles.